The predicted molar refractivity (Wildman–Crippen MR) is 162 cm³/mol. The topological polar surface area (TPSA) is 69.9 Å². The Hall–Kier alpha value is -0.463. The highest BCUT2D eigenvalue weighted by atomic mass is 28.4. The lowest BCUT2D eigenvalue weighted by molar-refractivity contribution is -0.157. The molecule has 5 heteroatoms. The van der Waals surface area contributed by atoms with Crippen molar-refractivity contribution in [1.82, 2.24) is 0 Å². The van der Waals surface area contributed by atoms with Crippen LogP contribution in [0.4, 0.5) is 0 Å². The molecule has 0 unspecified atom stereocenters. The van der Waals surface area contributed by atoms with E-state index in [1.807, 2.05) is 6.08 Å². The lowest BCUT2D eigenvalue weighted by Crippen LogP contribution is -2.56. The molecule has 3 rings (SSSR count). The molecule has 3 aliphatic rings. The molecule has 0 amide bonds. The maximum atomic E-state index is 12.2. The number of hydrogen-bond donors (Lipinski definition) is 3. The lowest BCUT2D eigenvalue weighted by atomic mass is 9.56. The number of fused-ring (bicyclic) bond motifs is 1. The van der Waals surface area contributed by atoms with E-state index in [0.29, 0.717) is 36.7 Å². The van der Waals surface area contributed by atoms with E-state index in [1.54, 1.807) is 0 Å². The van der Waals surface area contributed by atoms with E-state index >= 15 is 0 Å². The lowest BCUT2D eigenvalue weighted by Gasteiger charge is -2.52. The Bertz CT molecular complexity index is 858. The van der Waals surface area contributed by atoms with Gasteiger partial charge in [-0.15, -0.1) is 0 Å². The third-order valence-electron chi connectivity index (χ3n) is 11.3. The zero-order valence-electron chi connectivity index (χ0n) is 26.1. The van der Waals surface area contributed by atoms with Crippen molar-refractivity contribution >= 4 is 8.32 Å². The van der Waals surface area contributed by atoms with Gasteiger partial charge >= 0.3 is 0 Å². The fraction of sp³-hybridized carbons (Fsp3) is 0.879. The number of hydrogen-bond acceptors (Lipinski definition) is 4. The third-order valence-corrected chi connectivity index (χ3v) is 15.9. The van der Waals surface area contributed by atoms with E-state index in [2.05, 4.69) is 68.1 Å². The van der Waals surface area contributed by atoms with Crippen molar-refractivity contribution in [1.29, 1.82) is 0 Å². The van der Waals surface area contributed by atoms with E-state index in [1.165, 1.54) is 19.3 Å². The minimum atomic E-state index is -2.00. The summed E-state index contributed by atoms with van der Waals surface area (Å²) >= 11 is 0. The maximum absolute atomic E-state index is 12.2. The van der Waals surface area contributed by atoms with Crippen molar-refractivity contribution in [3.8, 4) is 0 Å². The van der Waals surface area contributed by atoms with Crippen molar-refractivity contribution in [3.63, 3.8) is 0 Å². The van der Waals surface area contributed by atoms with Crippen LogP contribution in [-0.4, -0.2) is 47.5 Å². The average Bonchev–Trinajstić information content (AvgIpc) is 3.14. The van der Waals surface area contributed by atoms with Gasteiger partial charge in [0.05, 0.1) is 17.8 Å². The van der Waals surface area contributed by atoms with Crippen LogP contribution in [0.25, 0.3) is 0 Å². The first kappa shape index (κ1) is 32.1. The van der Waals surface area contributed by atoms with Gasteiger partial charge in [0.2, 0.25) is 0 Å². The molecule has 0 aromatic rings. The van der Waals surface area contributed by atoms with Gasteiger partial charge in [-0.1, -0.05) is 74.3 Å². The molecule has 4 nitrogen and oxygen atoms in total. The molecule has 0 spiro atoms. The van der Waals surface area contributed by atoms with Gasteiger partial charge in [0, 0.05) is 6.42 Å². The van der Waals surface area contributed by atoms with Crippen molar-refractivity contribution < 1.29 is 19.7 Å². The summed E-state index contributed by atoms with van der Waals surface area (Å²) in [6.07, 6.45) is 9.91. The Kier molecular flexibility index (Phi) is 9.95. The molecule has 0 radical (unpaired) electrons. The molecule has 8 atom stereocenters. The predicted octanol–water partition coefficient (Wildman–Crippen LogP) is 7.78. The van der Waals surface area contributed by atoms with Crippen LogP contribution in [0.2, 0.25) is 18.1 Å². The second kappa shape index (κ2) is 11.8. The Morgan fingerprint density at radius 2 is 1.79 bits per heavy atom. The van der Waals surface area contributed by atoms with E-state index in [0.717, 1.165) is 37.2 Å². The molecular formula is C33H60O4Si. The fourth-order valence-electron chi connectivity index (χ4n) is 7.97. The summed E-state index contributed by atoms with van der Waals surface area (Å²) in [5.41, 5.74) is 0.452. The van der Waals surface area contributed by atoms with Gasteiger partial charge in [0.1, 0.15) is 6.10 Å². The second-order valence-electron chi connectivity index (χ2n) is 15.5. The van der Waals surface area contributed by atoms with Gasteiger partial charge in [0.15, 0.2) is 8.32 Å². The minimum Gasteiger partial charge on any atom is -0.413 e. The van der Waals surface area contributed by atoms with Crippen LogP contribution in [0.15, 0.2) is 23.8 Å². The normalized spacial score (nSPS) is 37.5. The molecular weight excluding hydrogens is 488 g/mol. The van der Waals surface area contributed by atoms with Crippen LogP contribution in [-0.2, 0) is 4.43 Å². The van der Waals surface area contributed by atoms with Crippen molar-refractivity contribution in [2.45, 2.75) is 155 Å². The van der Waals surface area contributed by atoms with E-state index in [9.17, 15) is 15.3 Å². The highest BCUT2D eigenvalue weighted by molar-refractivity contribution is 6.74. The molecule has 0 aliphatic heterocycles. The first-order valence-electron chi connectivity index (χ1n) is 15.6. The third kappa shape index (κ3) is 6.54. The molecule has 0 heterocycles. The standard InChI is InChI=1S/C33H60O4Si/c1-22(2)13-11-14-23(3)27-15-16-29-32(27,8)17-12-18-33(29,36)30(35)20-25-19-26(21-28(34)24(25)4)37-38(9,10)31(5,6)7/h20,22-23,26-30,34-36H,4,11-19,21H2,1-3,5-10H3/b25-20-/t23-,26-,27-,28-,29-,30-,32-,33-/m1/s1. The van der Waals surface area contributed by atoms with Gasteiger partial charge in [-0.05, 0) is 103 Å². The monoisotopic (exact) mass is 548 g/mol. The summed E-state index contributed by atoms with van der Waals surface area (Å²) in [5, 5.41) is 34.7. The quantitative estimate of drug-likeness (QED) is 0.257. The second-order valence-corrected chi connectivity index (χ2v) is 20.3. The zero-order valence-corrected chi connectivity index (χ0v) is 27.1. The Morgan fingerprint density at radius 3 is 2.39 bits per heavy atom. The van der Waals surface area contributed by atoms with E-state index < -0.39 is 26.1 Å². The molecule has 3 fully saturated rings. The van der Waals surface area contributed by atoms with Crippen LogP contribution in [0, 0.1) is 29.1 Å². The first-order valence-corrected chi connectivity index (χ1v) is 18.5. The van der Waals surface area contributed by atoms with Crippen molar-refractivity contribution in [2.24, 2.45) is 29.1 Å². The Balaban J connectivity index is 1.78. The van der Waals surface area contributed by atoms with Crippen molar-refractivity contribution in [3.05, 3.63) is 23.8 Å². The van der Waals surface area contributed by atoms with Crippen molar-refractivity contribution in [2.75, 3.05) is 0 Å². The van der Waals surface area contributed by atoms with Gasteiger partial charge in [-0.2, -0.15) is 0 Å². The summed E-state index contributed by atoms with van der Waals surface area (Å²) in [4.78, 5) is 0. The molecule has 0 aromatic heterocycles. The summed E-state index contributed by atoms with van der Waals surface area (Å²) in [5.74, 6) is 2.08. The van der Waals surface area contributed by atoms with Gasteiger partial charge < -0.3 is 19.7 Å². The first-order chi connectivity index (χ1) is 17.4. The molecule has 220 valence electrons. The smallest absolute Gasteiger partial charge is 0.192 e. The number of rotatable bonds is 9. The zero-order chi connectivity index (χ0) is 28.7. The molecule has 3 N–H and O–H groups in total. The minimum absolute atomic E-state index is 0.0564. The highest BCUT2D eigenvalue weighted by Gasteiger charge is 2.59. The molecule has 3 aliphatic carbocycles. The molecule has 3 saturated carbocycles. The highest BCUT2D eigenvalue weighted by Crippen LogP contribution is 2.62. The van der Waals surface area contributed by atoms with E-state index in [-0.39, 0.29) is 22.5 Å². The molecule has 0 aromatic carbocycles. The molecule has 0 saturated heterocycles. The summed E-state index contributed by atoms with van der Waals surface area (Å²) in [6.45, 7) is 24.8. The number of aliphatic hydroxyl groups is 3. The van der Waals surface area contributed by atoms with Crippen LogP contribution in [0.1, 0.15) is 113 Å². The summed E-state index contributed by atoms with van der Waals surface area (Å²) < 4.78 is 6.67. The Morgan fingerprint density at radius 1 is 1.13 bits per heavy atom. The van der Waals surface area contributed by atoms with Gasteiger partial charge in [-0.25, -0.2) is 0 Å². The van der Waals surface area contributed by atoms with Crippen LogP contribution >= 0.6 is 0 Å². The maximum Gasteiger partial charge on any atom is 0.192 e. The number of aliphatic hydroxyl groups excluding tert-OH is 2. The van der Waals surface area contributed by atoms with E-state index in [4.69, 9.17) is 4.43 Å². The van der Waals surface area contributed by atoms with Crippen LogP contribution < -0.4 is 0 Å². The average molecular weight is 549 g/mol. The summed E-state index contributed by atoms with van der Waals surface area (Å²) in [7, 11) is -2.00. The summed E-state index contributed by atoms with van der Waals surface area (Å²) in [6, 6.07) is 0. The van der Waals surface area contributed by atoms with Gasteiger partial charge in [0.25, 0.3) is 0 Å². The van der Waals surface area contributed by atoms with Crippen LogP contribution in [0.5, 0.6) is 0 Å². The Labute approximate surface area is 235 Å². The fourth-order valence-corrected chi connectivity index (χ4v) is 9.33. The van der Waals surface area contributed by atoms with Crippen LogP contribution in [0.3, 0.4) is 0 Å². The SMILES string of the molecule is C=C1/C(=C\[C@@H](O)[C@@]2(O)CCC[C@]3(C)[C@@H]([C@H](C)CCCC(C)C)CC[C@H]32)C[C@@H](O[Si](C)(C)C(C)(C)C)C[C@H]1O. The largest absolute Gasteiger partial charge is 0.413 e. The van der Waals surface area contributed by atoms with Gasteiger partial charge in [-0.3, -0.25) is 0 Å². The molecule has 0 bridgehead atoms. The molecule has 38 heavy (non-hydrogen) atoms.